The van der Waals surface area contributed by atoms with Gasteiger partial charge in [-0.1, -0.05) is 25.7 Å². The lowest BCUT2D eigenvalue weighted by Gasteiger charge is -2.13. The van der Waals surface area contributed by atoms with Crippen LogP contribution in [-0.2, 0) is 6.42 Å². The first-order chi connectivity index (χ1) is 7.34. The molecule has 0 amide bonds. The quantitative estimate of drug-likeness (QED) is 0.810. The molecule has 0 bridgehead atoms. The summed E-state index contributed by atoms with van der Waals surface area (Å²) < 4.78 is 0. The molecule has 15 heavy (non-hydrogen) atoms. The maximum absolute atomic E-state index is 9.89. The number of hydrogen-bond donors (Lipinski definition) is 1. The van der Waals surface area contributed by atoms with E-state index in [4.69, 9.17) is 0 Å². The molecular formula is C13H20OS. The van der Waals surface area contributed by atoms with Gasteiger partial charge in [0.15, 0.2) is 0 Å². The van der Waals surface area contributed by atoms with Gasteiger partial charge in [0.05, 0.1) is 6.10 Å². The highest BCUT2D eigenvalue weighted by molar-refractivity contribution is 7.07. The van der Waals surface area contributed by atoms with Crippen LogP contribution < -0.4 is 0 Å². The zero-order chi connectivity index (χ0) is 10.5. The Labute approximate surface area is 96.1 Å². The summed E-state index contributed by atoms with van der Waals surface area (Å²) in [6.45, 7) is 0. The van der Waals surface area contributed by atoms with Gasteiger partial charge in [-0.25, -0.2) is 0 Å². The lowest BCUT2D eigenvalue weighted by Crippen LogP contribution is -2.11. The fraction of sp³-hybridized carbons (Fsp3) is 0.692. The van der Waals surface area contributed by atoms with Gasteiger partial charge in [-0.15, -0.1) is 0 Å². The molecular weight excluding hydrogens is 204 g/mol. The second kappa shape index (κ2) is 5.66. The van der Waals surface area contributed by atoms with E-state index in [0.29, 0.717) is 0 Å². The molecule has 0 saturated heterocycles. The zero-order valence-corrected chi connectivity index (χ0v) is 10.0. The van der Waals surface area contributed by atoms with Gasteiger partial charge in [0.1, 0.15) is 0 Å². The van der Waals surface area contributed by atoms with E-state index >= 15 is 0 Å². The number of rotatable bonds is 5. The van der Waals surface area contributed by atoms with Crippen LogP contribution in [0.4, 0.5) is 0 Å². The largest absolute Gasteiger partial charge is 0.393 e. The molecule has 84 valence electrons. The molecule has 1 saturated carbocycles. The maximum atomic E-state index is 9.89. The van der Waals surface area contributed by atoms with E-state index in [2.05, 4.69) is 16.8 Å². The van der Waals surface area contributed by atoms with E-state index in [1.807, 2.05) is 0 Å². The SMILES string of the molecule is OC(CCC1CCCC1)Cc1ccsc1. The minimum atomic E-state index is -0.125. The van der Waals surface area contributed by atoms with E-state index in [0.717, 1.165) is 18.8 Å². The standard InChI is InChI=1S/C13H20OS/c14-13(9-12-7-8-15-10-12)6-5-11-3-1-2-4-11/h7-8,10-11,13-14H,1-6,9H2. The lowest BCUT2D eigenvalue weighted by molar-refractivity contribution is 0.155. The van der Waals surface area contributed by atoms with Crippen molar-refractivity contribution < 1.29 is 5.11 Å². The Morgan fingerprint density at radius 3 is 2.87 bits per heavy atom. The molecule has 1 unspecified atom stereocenters. The van der Waals surface area contributed by atoms with Crippen LogP contribution in [0.15, 0.2) is 16.8 Å². The Balaban J connectivity index is 1.66. The number of aliphatic hydroxyl groups is 1. The summed E-state index contributed by atoms with van der Waals surface area (Å²) in [6, 6.07) is 2.11. The number of hydrogen-bond acceptors (Lipinski definition) is 2. The fourth-order valence-corrected chi connectivity index (χ4v) is 3.19. The molecule has 2 heteroatoms. The predicted molar refractivity (Wildman–Crippen MR) is 65.2 cm³/mol. The van der Waals surface area contributed by atoms with Gasteiger partial charge in [0.2, 0.25) is 0 Å². The molecule has 1 aliphatic rings. The minimum absolute atomic E-state index is 0.125. The van der Waals surface area contributed by atoms with Crippen molar-refractivity contribution in [3.05, 3.63) is 22.4 Å². The molecule has 1 aromatic heterocycles. The third-order valence-electron chi connectivity index (χ3n) is 3.43. The molecule has 0 radical (unpaired) electrons. The number of thiophene rings is 1. The molecule has 1 aliphatic carbocycles. The van der Waals surface area contributed by atoms with Crippen molar-refractivity contribution in [2.24, 2.45) is 5.92 Å². The van der Waals surface area contributed by atoms with Gasteiger partial charge in [-0.05, 0) is 47.6 Å². The summed E-state index contributed by atoms with van der Waals surface area (Å²) in [5.41, 5.74) is 1.29. The molecule has 0 aromatic carbocycles. The highest BCUT2D eigenvalue weighted by Crippen LogP contribution is 2.29. The van der Waals surface area contributed by atoms with Crippen LogP contribution >= 0.6 is 11.3 Å². The van der Waals surface area contributed by atoms with Gasteiger partial charge in [-0.2, -0.15) is 11.3 Å². The molecule has 1 atom stereocenters. The Bertz CT molecular complexity index is 262. The van der Waals surface area contributed by atoms with Crippen molar-refractivity contribution in [2.75, 3.05) is 0 Å². The topological polar surface area (TPSA) is 20.2 Å². The van der Waals surface area contributed by atoms with Crippen LogP contribution in [0.25, 0.3) is 0 Å². The summed E-state index contributed by atoms with van der Waals surface area (Å²) in [7, 11) is 0. The Morgan fingerprint density at radius 1 is 1.40 bits per heavy atom. The lowest BCUT2D eigenvalue weighted by atomic mass is 9.97. The second-order valence-corrected chi connectivity index (χ2v) is 5.50. The van der Waals surface area contributed by atoms with Crippen LogP contribution in [0.3, 0.4) is 0 Å². The van der Waals surface area contributed by atoms with E-state index in [1.165, 1.54) is 37.7 Å². The molecule has 1 fully saturated rings. The number of aliphatic hydroxyl groups excluding tert-OH is 1. The maximum Gasteiger partial charge on any atom is 0.0581 e. The van der Waals surface area contributed by atoms with Crippen LogP contribution in [0.1, 0.15) is 44.1 Å². The van der Waals surface area contributed by atoms with Gasteiger partial charge in [0.25, 0.3) is 0 Å². The summed E-state index contributed by atoms with van der Waals surface area (Å²) in [4.78, 5) is 0. The summed E-state index contributed by atoms with van der Waals surface area (Å²) in [5, 5.41) is 14.1. The molecule has 1 N–H and O–H groups in total. The normalized spacial score (nSPS) is 19.5. The van der Waals surface area contributed by atoms with Gasteiger partial charge < -0.3 is 5.11 Å². The summed E-state index contributed by atoms with van der Waals surface area (Å²) >= 11 is 1.71. The average Bonchev–Trinajstić information content (AvgIpc) is 2.86. The minimum Gasteiger partial charge on any atom is -0.393 e. The van der Waals surface area contributed by atoms with Crippen LogP contribution in [0.5, 0.6) is 0 Å². The Hall–Kier alpha value is -0.340. The first-order valence-corrected chi connectivity index (χ1v) is 6.98. The highest BCUT2D eigenvalue weighted by Gasteiger charge is 2.16. The van der Waals surface area contributed by atoms with E-state index in [9.17, 15) is 5.11 Å². The van der Waals surface area contributed by atoms with Crippen molar-refractivity contribution in [3.63, 3.8) is 0 Å². The van der Waals surface area contributed by atoms with Gasteiger partial charge in [-0.3, -0.25) is 0 Å². The zero-order valence-electron chi connectivity index (χ0n) is 9.19. The molecule has 1 heterocycles. The summed E-state index contributed by atoms with van der Waals surface area (Å²) in [5.74, 6) is 0.905. The molecule has 2 rings (SSSR count). The van der Waals surface area contributed by atoms with E-state index in [-0.39, 0.29) is 6.10 Å². The van der Waals surface area contributed by atoms with Crippen molar-refractivity contribution in [3.8, 4) is 0 Å². The van der Waals surface area contributed by atoms with Gasteiger partial charge >= 0.3 is 0 Å². The van der Waals surface area contributed by atoms with E-state index in [1.54, 1.807) is 11.3 Å². The Morgan fingerprint density at radius 2 is 2.20 bits per heavy atom. The first kappa shape index (κ1) is 11.2. The van der Waals surface area contributed by atoms with Crippen molar-refractivity contribution in [2.45, 2.75) is 51.0 Å². The first-order valence-electron chi connectivity index (χ1n) is 6.04. The third kappa shape index (κ3) is 3.62. The van der Waals surface area contributed by atoms with Crippen molar-refractivity contribution in [1.82, 2.24) is 0 Å². The van der Waals surface area contributed by atoms with Crippen molar-refractivity contribution >= 4 is 11.3 Å². The smallest absolute Gasteiger partial charge is 0.0581 e. The molecule has 1 aromatic rings. The van der Waals surface area contributed by atoms with Gasteiger partial charge in [0, 0.05) is 0 Å². The van der Waals surface area contributed by atoms with Crippen LogP contribution in [-0.4, -0.2) is 11.2 Å². The second-order valence-electron chi connectivity index (χ2n) is 4.72. The summed E-state index contributed by atoms with van der Waals surface area (Å²) in [6.07, 6.45) is 8.54. The monoisotopic (exact) mass is 224 g/mol. The molecule has 0 aliphatic heterocycles. The van der Waals surface area contributed by atoms with Crippen molar-refractivity contribution in [1.29, 1.82) is 0 Å². The van der Waals surface area contributed by atoms with E-state index < -0.39 is 0 Å². The highest BCUT2D eigenvalue weighted by atomic mass is 32.1. The average molecular weight is 224 g/mol. The molecule has 1 nitrogen and oxygen atoms in total. The third-order valence-corrected chi connectivity index (χ3v) is 4.17. The predicted octanol–water partition coefficient (Wildman–Crippen LogP) is 3.62. The molecule has 0 spiro atoms. The Kier molecular flexibility index (Phi) is 4.21. The van der Waals surface area contributed by atoms with Crippen LogP contribution in [0, 0.1) is 5.92 Å². The fourth-order valence-electron chi connectivity index (χ4n) is 2.51. The van der Waals surface area contributed by atoms with Crippen LogP contribution in [0.2, 0.25) is 0 Å².